The second-order valence-corrected chi connectivity index (χ2v) is 6.38. The Morgan fingerprint density at radius 1 is 1.35 bits per heavy atom. The van der Waals surface area contributed by atoms with Crippen molar-refractivity contribution in [1.82, 2.24) is 0 Å². The summed E-state index contributed by atoms with van der Waals surface area (Å²) in [6.45, 7) is 2.50. The molecule has 0 unspecified atom stereocenters. The van der Waals surface area contributed by atoms with Crippen LogP contribution in [0.2, 0.25) is 0 Å². The molecule has 128 valence electrons. The highest BCUT2D eigenvalue weighted by atomic mass is 35.5. The third-order valence-electron chi connectivity index (χ3n) is 4.34. The number of hydrogen-bond donors (Lipinski definition) is 2. The van der Waals surface area contributed by atoms with Crippen LogP contribution in [0, 0.1) is 5.92 Å². The summed E-state index contributed by atoms with van der Waals surface area (Å²) in [6, 6.07) is 7.77. The van der Waals surface area contributed by atoms with Crippen molar-refractivity contribution in [3.05, 3.63) is 29.8 Å². The van der Waals surface area contributed by atoms with Crippen LogP contribution in [0.15, 0.2) is 24.3 Å². The summed E-state index contributed by atoms with van der Waals surface area (Å²) in [4.78, 5) is 12.4. The highest BCUT2D eigenvalue weighted by Crippen LogP contribution is 2.29. The van der Waals surface area contributed by atoms with E-state index in [2.05, 4.69) is 5.32 Å². The number of nitrogens with one attached hydrogen (secondary N) is 1. The topological polar surface area (TPSA) is 73.6 Å². The summed E-state index contributed by atoms with van der Waals surface area (Å²) in [6.07, 6.45) is 3.70. The Balaban J connectivity index is 0.00000192. The number of benzene rings is 1. The molecule has 3 rings (SSSR count). The second kappa shape index (κ2) is 8.11. The van der Waals surface area contributed by atoms with Gasteiger partial charge in [-0.3, -0.25) is 4.79 Å². The highest BCUT2D eigenvalue weighted by Gasteiger charge is 2.35. The molecule has 1 aliphatic heterocycles. The Morgan fingerprint density at radius 2 is 2.09 bits per heavy atom. The maximum Gasteiger partial charge on any atom is 0.244 e. The van der Waals surface area contributed by atoms with Gasteiger partial charge in [0, 0.05) is 25.5 Å². The van der Waals surface area contributed by atoms with Gasteiger partial charge in [-0.05, 0) is 49.3 Å². The van der Waals surface area contributed by atoms with Gasteiger partial charge in [-0.2, -0.15) is 0 Å². The molecule has 6 heteroatoms. The average Bonchev–Trinajstić information content (AvgIpc) is 3.33. The number of hydrogen-bond acceptors (Lipinski definition) is 4. The molecule has 0 spiro atoms. The van der Waals surface area contributed by atoms with Crippen LogP contribution in [0.5, 0.6) is 0 Å². The molecule has 2 aliphatic rings. The van der Waals surface area contributed by atoms with Gasteiger partial charge < -0.3 is 20.5 Å². The predicted octanol–water partition coefficient (Wildman–Crippen LogP) is 2.48. The Bertz CT molecular complexity index is 528. The zero-order valence-electron chi connectivity index (χ0n) is 13.3. The number of amides is 1. The molecule has 1 aliphatic carbocycles. The minimum absolute atomic E-state index is 0. The number of carbonyl (C=O) groups is 1. The quantitative estimate of drug-likeness (QED) is 0.834. The van der Waals surface area contributed by atoms with E-state index in [1.54, 1.807) is 0 Å². The van der Waals surface area contributed by atoms with Gasteiger partial charge in [0.1, 0.15) is 5.54 Å². The molecule has 1 saturated carbocycles. The van der Waals surface area contributed by atoms with Gasteiger partial charge in [-0.25, -0.2) is 0 Å². The lowest BCUT2D eigenvalue weighted by Crippen LogP contribution is -2.54. The lowest BCUT2D eigenvalue weighted by atomic mass is 9.90. The van der Waals surface area contributed by atoms with E-state index in [9.17, 15) is 4.79 Å². The standard InChI is InChI=1S/C17H24N2O3.ClH/c18-17(6-8-21-9-7-17)16(20)19-15-3-1-2-14(10-15)12-22-11-13-4-5-13;/h1-3,10,13H,4-9,11-12,18H2,(H,19,20);1H. The van der Waals surface area contributed by atoms with Crippen LogP contribution in [-0.2, 0) is 20.9 Å². The zero-order chi connectivity index (χ0) is 15.4. The molecular weight excluding hydrogens is 316 g/mol. The van der Waals surface area contributed by atoms with Crippen molar-refractivity contribution in [3.8, 4) is 0 Å². The van der Waals surface area contributed by atoms with E-state index in [4.69, 9.17) is 15.2 Å². The molecule has 0 radical (unpaired) electrons. The van der Waals surface area contributed by atoms with Crippen molar-refractivity contribution in [2.75, 3.05) is 25.1 Å². The van der Waals surface area contributed by atoms with Crippen LogP contribution in [0.1, 0.15) is 31.2 Å². The van der Waals surface area contributed by atoms with Crippen LogP contribution >= 0.6 is 12.4 Å². The smallest absolute Gasteiger partial charge is 0.244 e. The van der Waals surface area contributed by atoms with E-state index in [-0.39, 0.29) is 18.3 Å². The average molecular weight is 341 g/mol. The van der Waals surface area contributed by atoms with Crippen LogP contribution < -0.4 is 11.1 Å². The Kier molecular flexibility index (Phi) is 6.41. The van der Waals surface area contributed by atoms with E-state index in [1.165, 1.54) is 12.8 Å². The first-order valence-electron chi connectivity index (χ1n) is 8.00. The number of nitrogens with two attached hydrogens (primary N) is 1. The minimum Gasteiger partial charge on any atom is -0.381 e. The molecule has 3 N–H and O–H groups in total. The summed E-state index contributed by atoms with van der Waals surface area (Å²) in [5, 5.41) is 2.93. The molecular formula is C17H25ClN2O3. The van der Waals surface area contributed by atoms with E-state index < -0.39 is 5.54 Å². The van der Waals surface area contributed by atoms with Crippen LogP contribution in [0.4, 0.5) is 5.69 Å². The van der Waals surface area contributed by atoms with Crippen molar-refractivity contribution in [1.29, 1.82) is 0 Å². The molecule has 1 saturated heterocycles. The molecule has 1 aromatic carbocycles. The fourth-order valence-electron chi connectivity index (χ4n) is 2.59. The molecule has 1 aromatic rings. The minimum atomic E-state index is -0.823. The SMILES string of the molecule is Cl.NC1(C(=O)Nc2cccc(COCC3CC3)c2)CCOCC1. The molecule has 0 aromatic heterocycles. The Hall–Kier alpha value is -1.14. The van der Waals surface area contributed by atoms with Gasteiger partial charge in [0.2, 0.25) is 5.91 Å². The normalized spacial score (nSPS) is 19.7. The largest absolute Gasteiger partial charge is 0.381 e. The third-order valence-corrected chi connectivity index (χ3v) is 4.34. The van der Waals surface area contributed by atoms with Crippen LogP contribution in [0.3, 0.4) is 0 Å². The first-order chi connectivity index (χ1) is 10.7. The summed E-state index contributed by atoms with van der Waals surface area (Å²) >= 11 is 0. The first kappa shape index (κ1) is 18.2. The maximum absolute atomic E-state index is 12.4. The molecule has 23 heavy (non-hydrogen) atoms. The predicted molar refractivity (Wildman–Crippen MR) is 91.7 cm³/mol. The molecule has 1 heterocycles. The molecule has 2 fully saturated rings. The van der Waals surface area contributed by atoms with Gasteiger partial charge in [0.15, 0.2) is 0 Å². The second-order valence-electron chi connectivity index (χ2n) is 6.38. The third kappa shape index (κ3) is 5.18. The van der Waals surface area contributed by atoms with Crippen molar-refractivity contribution in [3.63, 3.8) is 0 Å². The number of rotatable bonds is 6. The Labute approximate surface area is 143 Å². The summed E-state index contributed by atoms with van der Waals surface area (Å²) in [5.74, 6) is 0.625. The van der Waals surface area contributed by atoms with Gasteiger partial charge in [0.25, 0.3) is 0 Å². The van der Waals surface area contributed by atoms with Crippen LogP contribution in [0.25, 0.3) is 0 Å². The summed E-state index contributed by atoms with van der Waals surface area (Å²) in [5.41, 5.74) is 7.21. The fourth-order valence-corrected chi connectivity index (χ4v) is 2.59. The zero-order valence-corrected chi connectivity index (χ0v) is 14.1. The number of carbonyl (C=O) groups excluding carboxylic acids is 1. The summed E-state index contributed by atoms with van der Waals surface area (Å²) < 4.78 is 11.0. The number of halogens is 1. The van der Waals surface area contributed by atoms with Gasteiger partial charge in [-0.1, -0.05) is 12.1 Å². The maximum atomic E-state index is 12.4. The monoisotopic (exact) mass is 340 g/mol. The molecule has 0 bridgehead atoms. The van der Waals surface area contributed by atoms with Crippen molar-refractivity contribution in [2.45, 2.75) is 37.8 Å². The van der Waals surface area contributed by atoms with Crippen molar-refractivity contribution < 1.29 is 14.3 Å². The lowest BCUT2D eigenvalue weighted by molar-refractivity contribution is -0.124. The molecule has 5 nitrogen and oxygen atoms in total. The van der Waals surface area contributed by atoms with Gasteiger partial charge in [0.05, 0.1) is 6.61 Å². The van der Waals surface area contributed by atoms with E-state index in [0.29, 0.717) is 32.7 Å². The fraction of sp³-hybridized carbons (Fsp3) is 0.588. The van der Waals surface area contributed by atoms with Crippen molar-refractivity contribution >= 4 is 24.0 Å². The van der Waals surface area contributed by atoms with Gasteiger partial charge >= 0.3 is 0 Å². The van der Waals surface area contributed by atoms with Crippen LogP contribution in [-0.4, -0.2) is 31.3 Å². The number of ether oxygens (including phenoxy) is 2. The molecule has 0 atom stereocenters. The van der Waals surface area contributed by atoms with E-state index in [1.807, 2.05) is 24.3 Å². The first-order valence-corrected chi connectivity index (χ1v) is 8.00. The summed E-state index contributed by atoms with van der Waals surface area (Å²) in [7, 11) is 0. The number of anilines is 1. The molecule has 1 amide bonds. The van der Waals surface area contributed by atoms with E-state index >= 15 is 0 Å². The van der Waals surface area contributed by atoms with Crippen molar-refractivity contribution in [2.24, 2.45) is 11.7 Å². The highest BCUT2D eigenvalue weighted by molar-refractivity contribution is 5.98. The van der Waals surface area contributed by atoms with Gasteiger partial charge in [-0.15, -0.1) is 12.4 Å². The lowest BCUT2D eigenvalue weighted by Gasteiger charge is -2.31. The Morgan fingerprint density at radius 3 is 2.78 bits per heavy atom. The van der Waals surface area contributed by atoms with E-state index in [0.717, 1.165) is 23.8 Å².